The predicted molar refractivity (Wildman–Crippen MR) is 194 cm³/mol. The number of aromatic nitrogens is 2. The Balaban J connectivity index is 0.00000325. The van der Waals surface area contributed by atoms with E-state index < -0.39 is 53.1 Å². The molecule has 1 aromatic heterocycles. The first-order valence-corrected chi connectivity index (χ1v) is 19.0. The second-order valence-corrected chi connectivity index (χ2v) is 14.7. The van der Waals surface area contributed by atoms with Gasteiger partial charge in [0.25, 0.3) is 5.91 Å². The van der Waals surface area contributed by atoms with Crippen LogP contribution in [0.4, 0.5) is 22.7 Å². The smallest absolute Gasteiger partial charge is 0.744 e. The van der Waals surface area contributed by atoms with Crippen LogP contribution in [0.3, 0.4) is 0 Å². The second kappa shape index (κ2) is 18.0. The number of phenolic OH excluding ortho intramolecular Hbond substituents is 1. The van der Waals surface area contributed by atoms with E-state index in [1.165, 1.54) is 6.07 Å². The third-order valence-electron chi connectivity index (χ3n) is 8.06. The Morgan fingerprint density at radius 2 is 1.56 bits per heavy atom. The maximum absolute atomic E-state index is 12.8. The monoisotopic (exact) mass is 806 g/mol. The summed E-state index contributed by atoms with van der Waals surface area (Å²) in [6.45, 7) is 2.06. The van der Waals surface area contributed by atoms with Crippen LogP contribution in [-0.2, 0) is 26.7 Å². The van der Waals surface area contributed by atoms with Gasteiger partial charge >= 0.3 is 59.1 Å². The van der Waals surface area contributed by atoms with Crippen molar-refractivity contribution in [1.82, 2.24) is 9.66 Å². The molecule has 0 bridgehead atoms. The van der Waals surface area contributed by atoms with Crippen LogP contribution >= 0.6 is 11.6 Å². The molecule has 0 fully saturated rings. The number of hydrogen-bond acceptors (Lipinski definition) is 12. The number of para-hydroxylation sites is 1. The number of halogens is 1. The second-order valence-electron chi connectivity index (χ2n) is 11.6. The van der Waals surface area contributed by atoms with Gasteiger partial charge in [-0.15, -0.1) is 10.2 Å². The summed E-state index contributed by atoms with van der Waals surface area (Å²) < 4.78 is 75.8. The van der Waals surface area contributed by atoms with Crippen molar-refractivity contribution in [2.75, 3.05) is 10.7 Å². The average molecular weight is 807 g/mol. The van der Waals surface area contributed by atoms with Crippen LogP contribution in [0.1, 0.15) is 42.4 Å². The van der Waals surface area contributed by atoms with Crippen molar-refractivity contribution in [3.05, 3.63) is 107 Å². The third-order valence-corrected chi connectivity index (χ3v) is 10.1. The maximum atomic E-state index is 12.8. The third kappa shape index (κ3) is 9.52. The number of imidazole rings is 1. The number of carbonyl (C=O) groups is 1. The molecule has 6 rings (SSSR count). The van der Waals surface area contributed by atoms with E-state index in [1.807, 2.05) is 0 Å². The van der Waals surface area contributed by atoms with E-state index >= 15 is 0 Å². The van der Waals surface area contributed by atoms with E-state index in [-0.39, 0.29) is 81.1 Å². The molecule has 0 unspecified atom stereocenters. The zero-order valence-corrected chi connectivity index (χ0v) is 35.7. The van der Waals surface area contributed by atoms with Gasteiger partial charge in [-0.25, -0.2) is 26.5 Å². The number of nitrogens with zero attached hydrogens (tertiary/aromatic N) is 4. The van der Waals surface area contributed by atoms with Gasteiger partial charge in [-0.1, -0.05) is 67.8 Å². The van der Waals surface area contributed by atoms with Crippen molar-refractivity contribution in [1.29, 1.82) is 0 Å². The minimum atomic E-state index is -5.33. The normalized spacial score (nSPS) is 11.7. The molecule has 0 aliphatic carbocycles. The fourth-order valence-corrected chi connectivity index (χ4v) is 7.02. The van der Waals surface area contributed by atoms with Gasteiger partial charge in [-0.2, -0.15) is 0 Å². The molecule has 0 spiro atoms. The molecular weight excluding hydrogens is 778 g/mol. The molecule has 19 heteroatoms. The fraction of sp³-hybridized carbons (Fsp3) is 0.143. The number of aryl methyl sites for hydroxylation is 1. The van der Waals surface area contributed by atoms with Crippen LogP contribution in [0.25, 0.3) is 21.8 Å². The van der Waals surface area contributed by atoms with E-state index in [2.05, 4.69) is 27.9 Å². The molecule has 6 aromatic rings. The van der Waals surface area contributed by atoms with Crippen molar-refractivity contribution in [2.45, 2.75) is 42.4 Å². The Hall–Kier alpha value is -3.39. The number of unbranched alkanes of at least 4 members (excludes halogenated alkanes) is 2. The van der Waals surface area contributed by atoms with Crippen LogP contribution in [0.15, 0.2) is 111 Å². The maximum Gasteiger partial charge on any atom is 1.00 e. The molecule has 0 saturated heterocycles. The Morgan fingerprint density at radius 3 is 2.22 bits per heavy atom. The summed E-state index contributed by atoms with van der Waals surface area (Å²) in [4.78, 5) is 15.7. The molecule has 0 aliphatic rings. The Bertz CT molecular complexity index is 2610. The van der Waals surface area contributed by atoms with Gasteiger partial charge in [0.15, 0.2) is 5.75 Å². The molecule has 5 aromatic carbocycles. The summed E-state index contributed by atoms with van der Waals surface area (Å²) in [5, 5.41) is 22.6. The number of carbonyl (C=O) groups excluding carboxylic acids is 1. The largest absolute Gasteiger partial charge is 1.00 e. The molecule has 0 aliphatic heterocycles. The van der Waals surface area contributed by atoms with Gasteiger partial charge in [0, 0.05) is 17.7 Å². The number of benzene rings is 5. The molecule has 54 heavy (non-hydrogen) atoms. The van der Waals surface area contributed by atoms with Gasteiger partial charge in [0.1, 0.15) is 43.0 Å². The van der Waals surface area contributed by atoms with E-state index in [0.29, 0.717) is 34.0 Å². The molecule has 3 N–H and O–H groups in total. The number of rotatable bonds is 12. The van der Waals surface area contributed by atoms with Crippen LogP contribution in [-0.4, -0.2) is 46.6 Å². The quantitative estimate of drug-likeness (QED) is 0.0703. The van der Waals surface area contributed by atoms with E-state index in [9.17, 15) is 35.8 Å². The topological polar surface area (TPSA) is 218 Å². The summed E-state index contributed by atoms with van der Waals surface area (Å²) in [6.07, 6.45) is 3.16. The molecule has 14 nitrogen and oxygen atoms in total. The number of nitrogens with one attached hydrogen (secondary N) is 2. The predicted octanol–water partition coefficient (Wildman–Crippen LogP) is 1.64. The van der Waals surface area contributed by atoms with Crippen LogP contribution in [0.5, 0.6) is 5.75 Å². The standard InChI is InChI=1S/C35H31ClN6O8S2.2Na/c1-2-3-5-14-30-38-26-17-15-22-19-29(52(48,49)50)32(34(43)31(22)33(26)42(30)41-25-13-9-8-12-24(25)36)40-39-27-20-23(16-18-28(27)51(45,46)47)37-35(44)21-10-6-4-7-11-21;;/h4,6-13,15-20,41,43H,2-3,5,14H2,1H3,(H,37,44)(H,45,46,47)(H,48,49,50);;/q;2*+1/p-2. The van der Waals surface area contributed by atoms with Crippen molar-refractivity contribution < 1.29 is 95.0 Å². The number of fused-ring (bicyclic) bond motifs is 3. The van der Waals surface area contributed by atoms with Crippen molar-refractivity contribution in [3.8, 4) is 5.75 Å². The molecule has 268 valence electrons. The summed E-state index contributed by atoms with van der Waals surface area (Å²) >= 11 is 6.47. The van der Waals surface area contributed by atoms with Crippen molar-refractivity contribution >= 4 is 82.3 Å². The Morgan fingerprint density at radius 1 is 0.870 bits per heavy atom. The number of phenols is 1. The molecule has 0 radical (unpaired) electrons. The number of azo groups is 1. The number of anilines is 2. The number of amides is 1. The zero-order valence-electron chi connectivity index (χ0n) is 29.3. The van der Waals surface area contributed by atoms with Crippen LogP contribution in [0, 0.1) is 0 Å². The molecule has 0 atom stereocenters. The fourth-order valence-electron chi connectivity index (χ4n) is 5.61. The van der Waals surface area contributed by atoms with Gasteiger partial charge in [-0.05, 0) is 66.4 Å². The first-order valence-electron chi connectivity index (χ1n) is 15.8. The van der Waals surface area contributed by atoms with Crippen molar-refractivity contribution in [2.24, 2.45) is 10.2 Å². The van der Waals surface area contributed by atoms with E-state index in [1.54, 1.807) is 65.3 Å². The molecular formula is C35H29ClN6Na2O8S2. The van der Waals surface area contributed by atoms with Gasteiger partial charge in [-0.3, -0.25) is 10.2 Å². The van der Waals surface area contributed by atoms with Gasteiger partial charge < -0.3 is 19.5 Å². The SMILES string of the molecule is CCCCCc1nc2ccc3cc(S(=O)(=O)[O-])c(N=Nc4cc(NC(=O)c5ccccc5)ccc4S(=O)(=O)[O-])c(O)c3c2n1Nc1ccccc1Cl.[Na+].[Na+]. The number of aromatic hydroxyl groups is 1. The molecule has 1 heterocycles. The molecule has 1 amide bonds. The first-order chi connectivity index (χ1) is 24.8. The first kappa shape index (κ1) is 43.3. The molecule has 0 saturated carbocycles. The summed E-state index contributed by atoms with van der Waals surface area (Å²) in [5.74, 6) is -0.782. The zero-order chi connectivity index (χ0) is 37.2. The van der Waals surface area contributed by atoms with E-state index in [0.717, 1.165) is 43.5 Å². The Labute approximate surface area is 360 Å². The van der Waals surface area contributed by atoms with Gasteiger partial charge in [0.2, 0.25) is 0 Å². The van der Waals surface area contributed by atoms with E-state index in [4.69, 9.17) is 16.6 Å². The van der Waals surface area contributed by atoms with Crippen LogP contribution < -0.4 is 69.9 Å². The average Bonchev–Trinajstić information content (AvgIpc) is 3.45. The number of hydrogen-bond donors (Lipinski definition) is 3. The minimum absolute atomic E-state index is 0. The van der Waals surface area contributed by atoms with Crippen molar-refractivity contribution in [3.63, 3.8) is 0 Å². The van der Waals surface area contributed by atoms with Gasteiger partial charge in [0.05, 0.1) is 31.4 Å². The summed E-state index contributed by atoms with van der Waals surface area (Å²) in [6, 6.07) is 22.2. The van der Waals surface area contributed by atoms with Crippen LogP contribution in [0.2, 0.25) is 5.02 Å². The Kier molecular flexibility index (Phi) is 14.5. The summed E-state index contributed by atoms with van der Waals surface area (Å²) in [5.41, 5.74) is 3.30. The summed E-state index contributed by atoms with van der Waals surface area (Å²) in [7, 11) is -10.5. The minimum Gasteiger partial charge on any atom is -0.744 e.